The summed E-state index contributed by atoms with van der Waals surface area (Å²) >= 11 is 0. The Bertz CT molecular complexity index is 2100. The first-order valence-electron chi connectivity index (χ1n) is 15.7. The van der Waals surface area contributed by atoms with E-state index in [1.165, 1.54) is 23.3 Å². The molecule has 0 aliphatic carbocycles. The Morgan fingerprint density at radius 1 is 0.519 bits per heavy atom. The Balaban J connectivity index is 0.000000206. The fraction of sp³-hybridized carbons (Fsp3) is 0.211. The molecule has 4 amide bonds. The Hall–Kier alpha value is -4.92. The summed E-state index contributed by atoms with van der Waals surface area (Å²) in [5.74, 6) is -1.47. The van der Waals surface area contributed by atoms with E-state index in [2.05, 4.69) is 33.8 Å². The van der Waals surface area contributed by atoms with E-state index < -0.39 is 22.2 Å². The molecule has 2 fully saturated rings. The van der Waals surface area contributed by atoms with Crippen molar-refractivity contribution in [3.63, 3.8) is 0 Å². The van der Waals surface area contributed by atoms with Gasteiger partial charge in [-0.15, -0.1) is 0 Å². The van der Waals surface area contributed by atoms with Crippen molar-refractivity contribution in [3.05, 3.63) is 148 Å². The van der Waals surface area contributed by atoms with E-state index in [4.69, 9.17) is 0 Å². The quantitative estimate of drug-likeness (QED) is 0.207. The van der Waals surface area contributed by atoms with E-state index in [1.54, 1.807) is 12.2 Å². The Kier molecular flexibility index (Phi) is 14.8. The minimum absolute atomic E-state index is 0. The topological polar surface area (TPSA) is 193 Å². The SMILES string of the molecule is C=Cc1ccc(CCC2CC(=O)[N-]C2=O)cc1.C=Cc1ccc(CCC2CC(=O)[N-]C2=O)cc1.O=c1[n-]c(=O)c2cc3c(=O)[n-]c(=O)c3cc12.[W+2].[W+2]. The monoisotopic (exact) mass is 1040 g/mol. The molecular formula is C38H30N4O8W2. The van der Waals surface area contributed by atoms with Gasteiger partial charge in [-0.2, -0.15) is 0 Å². The van der Waals surface area contributed by atoms with Crippen LogP contribution in [0.4, 0.5) is 0 Å². The molecule has 2 aliphatic heterocycles. The van der Waals surface area contributed by atoms with Gasteiger partial charge in [0, 0.05) is 33.4 Å². The van der Waals surface area contributed by atoms with Gasteiger partial charge in [0.2, 0.25) is 0 Å². The molecule has 5 aromatic rings. The number of hydrogen-bond acceptors (Lipinski definition) is 8. The number of carbonyl (C=O) groups is 4. The van der Waals surface area contributed by atoms with Crippen LogP contribution in [0.1, 0.15) is 47.9 Å². The summed E-state index contributed by atoms with van der Waals surface area (Å²) in [5.41, 5.74) is 1.76. The average Bonchev–Trinajstić information content (AvgIpc) is 3.80. The second-order valence-electron chi connectivity index (χ2n) is 11.8. The van der Waals surface area contributed by atoms with E-state index in [9.17, 15) is 38.4 Å². The third-order valence-corrected chi connectivity index (χ3v) is 8.49. The van der Waals surface area contributed by atoms with Gasteiger partial charge in [0.15, 0.2) is 0 Å². The summed E-state index contributed by atoms with van der Waals surface area (Å²) in [6, 6.07) is 18.5. The van der Waals surface area contributed by atoms with Gasteiger partial charge in [0.25, 0.3) is 0 Å². The maximum Gasteiger partial charge on any atom is 2.00 e. The molecule has 0 saturated carbocycles. The summed E-state index contributed by atoms with van der Waals surface area (Å²) in [7, 11) is 0. The Morgan fingerprint density at radius 3 is 1.08 bits per heavy atom. The number of benzene rings is 3. The van der Waals surface area contributed by atoms with E-state index >= 15 is 0 Å². The zero-order chi connectivity index (χ0) is 35.9. The predicted octanol–water partition coefficient (Wildman–Crippen LogP) is 3.64. The number of carbonyl (C=O) groups excluding carboxylic acids is 4. The van der Waals surface area contributed by atoms with E-state index in [0.29, 0.717) is 12.8 Å². The molecule has 7 rings (SSSR count). The molecule has 3 aromatic carbocycles. The van der Waals surface area contributed by atoms with Gasteiger partial charge in [-0.3, -0.25) is 0 Å². The van der Waals surface area contributed by atoms with Crippen molar-refractivity contribution < 1.29 is 61.3 Å². The smallest absolute Gasteiger partial charge is 0.596 e. The second kappa shape index (κ2) is 18.5. The fourth-order valence-corrected chi connectivity index (χ4v) is 5.62. The maximum absolute atomic E-state index is 11.3. The molecule has 0 bridgehead atoms. The van der Waals surface area contributed by atoms with Crippen molar-refractivity contribution in [1.82, 2.24) is 9.97 Å². The van der Waals surface area contributed by atoms with Crippen LogP contribution < -0.4 is 32.2 Å². The minimum Gasteiger partial charge on any atom is -0.596 e. The molecule has 0 radical (unpaired) electrons. The number of fused-ring (bicyclic) bond motifs is 2. The molecule has 12 nitrogen and oxygen atoms in total. The number of aryl methyl sites for hydroxylation is 2. The van der Waals surface area contributed by atoms with Crippen molar-refractivity contribution in [2.45, 2.75) is 38.5 Å². The molecule has 2 unspecified atom stereocenters. The van der Waals surface area contributed by atoms with Crippen LogP contribution in [-0.4, -0.2) is 23.6 Å². The third-order valence-electron chi connectivity index (χ3n) is 8.49. The maximum atomic E-state index is 11.3. The Labute approximate surface area is 325 Å². The summed E-state index contributed by atoms with van der Waals surface area (Å²) in [4.78, 5) is 96.0. The summed E-state index contributed by atoms with van der Waals surface area (Å²) in [5, 5.41) is 7.07. The molecule has 2 saturated heterocycles. The van der Waals surface area contributed by atoms with Crippen LogP contribution in [-0.2, 0) is 74.2 Å². The first-order valence-corrected chi connectivity index (χ1v) is 15.7. The molecular weight excluding hydrogens is 1010 g/mol. The Morgan fingerprint density at radius 2 is 0.827 bits per heavy atom. The van der Waals surface area contributed by atoms with Gasteiger partial charge in [-0.05, 0) is 72.9 Å². The third kappa shape index (κ3) is 10.1. The number of nitrogens with zero attached hydrogens (tertiary/aromatic N) is 4. The normalized spacial score (nSPS) is 16.1. The fourth-order valence-electron chi connectivity index (χ4n) is 5.62. The number of rotatable bonds is 8. The number of aromatic nitrogens is 2. The molecule has 0 spiro atoms. The van der Waals surface area contributed by atoms with Crippen molar-refractivity contribution in [2.75, 3.05) is 0 Å². The van der Waals surface area contributed by atoms with E-state index in [-0.39, 0.29) is 112 Å². The van der Waals surface area contributed by atoms with Gasteiger partial charge >= 0.3 is 42.1 Å². The first-order chi connectivity index (χ1) is 23.9. The minimum atomic E-state index is -0.685. The number of imide groups is 2. The van der Waals surface area contributed by atoms with Crippen molar-refractivity contribution in [1.29, 1.82) is 0 Å². The predicted molar refractivity (Wildman–Crippen MR) is 188 cm³/mol. The summed E-state index contributed by atoms with van der Waals surface area (Å²) in [6.07, 6.45) is 7.15. The molecule has 2 atom stereocenters. The molecule has 0 N–H and O–H groups in total. The van der Waals surface area contributed by atoms with Gasteiger partial charge in [0.05, 0.1) is 45.9 Å². The van der Waals surface area contributed by atoms with Crippen LogP contribution in [0, 0.1) is 11.8 Å². The number of amides is 4. The zero-order valence-electron chi connectivity index (χ0n) is 27.6. The van der Waals surface area contributed by atoms with Crippen LogP contribution >= 0.6 is 0 Å². The summed E-state index contributed by atoms with van der Waals surface area (Å²) < 4.78 is 0. The first kappa shape index (κ1) is 41.5. The largest absolute Gasteiger partial charge is 2.00 e. The molecule has 14 heteroatoms. The van der Waals surface area contributed by atoms with Gasteiger partial charge in [0.1, 0.15) is 0 Å². The molecule has 2 aliphatic rings. The van der Waals surface area contributed by atoms with Crippen molar-refractivity contribution in [2.24, 2.45) is 11.8 Å². The van der Waals surface area contributed by atoms with Gasteiger partial charge < -0.3 is 59.0 Å². The van der Waals surface area contributed by atoms with Crippen LogP contribution in [0.2, 0.25) is 0 Å². The van der Waals surface area contributed by atoms with Gasteiger partial charge in [-0.25, -0.2) is 0 Å². The average molecular weight is 1040 g/mol. The number of hydrogen-bond donors (Lipinski definition) is 0. The second-order valence-corrected chi connectivity index (χ2v) is 11.8. The van der Waals surface area contributed by atoms with Crippen LogP contribution in [0.25, 0.3) is 44.3 Å². The zero-order valence-corrected chi connectivity index (χ0v) is 33.5. The molecule has 4 heterocycles. The molecule has 2 aromatic heterocycles. The van der Waals surface area contributed by atoms with Crippen LogP contribution in [0.5, 0.6) is 0 Å². The molecule has 262 valence electrons. The molecule has 52 heavy (non-hydrogen) atoms. The standard InChI is InChI=1S/2C14H15NO2.C10H4N2O4.2W/c2*1-2-10-3-5-11(6-4-10)7-8-12-9-13(16)15-14(12)17;13-7-3-1-4-6(10(16)12-8(4)14)2-5(3)9(15)11-7;;/h2*2-6,12H,1,7-9H2,(H,15,16,17);1-2H,(H2,11,12,13,14,15,16);;/q;;;2*+2/p-4. The van der Waals surface area contributed by atoms with E-state index in [1.807, 2.05) is 48.5 Å². The van der Waals surface area contributed by atoms with Gasteiger partial charge in [-0.1, -0.05) is 73.8 Å². The van der Waals surface area contributed by atoms with Crippen molar-refractivity contribution >= 4 is 57.3 Å². The van der Waals surface area contributed by atoms with Crippen LogP contribution in [0.15, 0.2) is 93.0 Å². The van der Waals surface area contributed by atoms with Crippen molar-refractivity contribution in [3.8, 4) is 0 Å². The van der Waals surface area contributed by atoms with E-state index in [0.717, 1.165) is 24.0 Å². The summed E-state index contributed by atoms with van der Waals surface area (Å²) in [6.45, 7) is 7.39. The van der Waals surface area contributed by atoms with Crippen LogP contribution in [0.3, 0.4) is 0 Å².